The molecule has 2 aromatic rings. The summed E-state index contributed by atoms with van der Waals surface area (Å²) < 4.78 is 19.5. The number of halogens is 1. The highest BCUT2D eigenvalue weighted by Gasteiger charge is 2.26. The van der Waals surface area contributed by atoms with E-state index in [9.17, 15) is 9.18 Å². The summed E-state index contributed by atoms with van der Waals surface area (Å²) in [5.41, 5.74) is 2.53. The first kappa shape index (κ1) is 19.6. The molecule has 1 amide bonds. The third-order valence-electron chi connectivity index (χ3n) is 4.74. The fourth-order valence-electron chi connectivity index (χ4n) is 3.02. The molecule has 0 spiro atoms. The van der Waals surface area contributed by atoms with E-state index < -0.39 is 11.7 Å². The van der Waals surface area contributed by atoms with Crippen molar-refractivity contribution < 1.29 is 19.1 Å². The summed E-state index contributed by atoms with van der Waals surface area (Å²) in [4.78, 5) is 15.1. The molecule has 2 rings (SSSR count). The first-order valence-electron chi connectivity index (χ1n) is 8.49. The van der Waals surface area contributed by atoms with Crippen LogP contribution in [0.2, 0.25) is 0 Å². The van der Waals surface area contributed by atoms with Crippen LogP contribution in [-0.2, 0) is 5.41 Å². The average Bonchev–Trinajstić information content (AvgIpc) is 2.67. The van der Waals surface area contributed by atoms with Crippen LogP contribution in [0.4, 0.5) is 4.39 Å². The first-order chi connectivity index (χ1) is 12.5. The molecule has 0 bridgehead atoms. The van der Waals surface area contributed by atoms with Crippen LogP contribution in [0, 0.1) is 5.82 Å². The fraction of sp³-hybridized carbons (Fsp3) is 0.300. The second-order valence-electron chi connectivity index (χ2n) is 6.06. The van der Waals surface area contributed by atoms with Gasteiger partial charge in [0.15, 0.2) is 5.82 Å². The van der Waals surface area contributed by atoms with Gasteiger partial charge in [0.1, 0.15) is 5.75 Å². The summed E-state index contributed by atoms with van der Waals surface area (Å²) >= 11 is 0. The second kappa shape index (κ2) is 8.58. The molecule has 1 aromatic carbocycles. The molecule has 0 saturated heterocycles. The number of nitrogens with one attached hydrogen (secondary N) is 1. The molecule has 5 nitrogen and oxygen atoms in total. The highest BCUT2D eigenvalue weighted by Crippen LogP contribution is 2.36. The SMILES string of the molecule is C=CCC(CC)(CC)c1ccc(Oc2ncc(C(=O)NO)cc2F)cc1. The quantitative estimate of drug-likeness (QED) is 0.405. The number of amides is 1. The highest BCUT2D eigenvalue weighted by molar-refractivity contribution is 5.93. The van der Waals surface area contributed by atoms with E-state index >= 15 is 0 Å². The zero-order valence-corrected chi connectivity index (χ0v) is 15.0. The maximum absolute atomic E-state index is 14.1. The van der Waals surface area contributed by atoms with Crippen LogP contribution >= 0.6 is 0 Å². The summed E-state index contributed by atoms with van der Waals surface area (Å²) in [7, 11) is 0. The predicted octanol–water partition coefficient (Wildman–Crippen LogP) is 4.77. The maximum Gasteiger partial charge on any atom is 0.276 e. The molecule has 26 heavy (non-hydrogen) atoms. The van der Waals surface area contributed by atoms with E-state index in [4.69, 9.17) is 9.94 Å². The van der Waals surface area contributed by atoms with Crippen LogP contribution in [0.3, 0.4) is 0 Å². The van der Waals surface area contributed by atoms with E-state index in [1.165, 1.54) is 11.0 Å². The summed E-state index contributed by atoms with van der Waals surface area (Å²) in [6.45, 7) is 8.16. The van der Waals surface area contributed by atoms with Crippen molar-refractivity contribution in [1.29, 1.82) is 0 Å². The van der Waals surface area contributed by atoms with E-state index in [1.54, 1.807) is 12.1 Å². The van der Waals surface area contributed by atoms with E-state index in [1.807, 2.05) is 18.2 Å². The molecule has 0 radical (unpaired) electrons. The van der Waals surface area contributed by atoms with Gasteiger partial charge in [0.05, 0.1) is 5.56 Å². The Labute approximate surface area is 152 Å². The van der Waals surface area contributed by atoms with Crippen LogP contribution < -0.4 is 10.2 Å². The zero-order chi connectivity index (χ0) is 19.2. The van der Waals surface area contributed by atoms with Crippen molar-refractivity contribution in [3.63, 3.8) is 0 Å². The molecular weight excluding hydrogens is 335 g/mol. The van der Waals surface area contributed by atoms with Crippen LogP contribution in [0.5, 0.6) is 11.6 Å². The topological polar surface area (TPSA) is 71.5 Å². The molecule has 0 unspecified atom stereocenters. The lowest BCUT2D eigenvalue weighted by atomic mass is 9.73. The van der Waals surface area contributed by atoms with Gasteiger partial charge in [0, 0.05) is 6.20 Å². The van der Waals surface area contributed by atoms with E-state index in [0.29, 0.717) is 5.75 Å². The first-order valence-corrected chi connectivity index (χ1v) is 8.49. The van der Waals surface area contributed by atoms with Crippen molar-refractivity contribution in [3.8, 4) is 11.6 Å². The molecule has 0 fully saturated rings. The number of hydrogen-bond acceptors (Lipinski definition) is 4. The third-order valence-corrected chi connectivity index (χ3v) is 4.74. The molecule has 0 saturated carbocycles. The number of hydrogen-bond donors (Lipinski definition) is 2. The summed E-state index contributed by atoms with van der Waals surface area (Å²) in [6, 6.07) is 8.43. The van der Waals surface area contributed by atoms with Crippen LogP contribution in [0.15, 0.2) is 49.2 Å². The van der Waals surface area contributed by atoms with Crippen molar-refractivity contribution in [3.05, 3.63) is 66.1 Å². The third kappa shape index (κ3) is 4.08. The molecule has 2 N–H and O–H groups in total. The number of hydroxylamine groups is 1. The minimum absolute atomic E-state index is 0.0308. The van der Waals surface area contributed by atoms with Gasteiger partial charge in [-0.05, 0) is 48.4 Å². The maximum atomic E-state index is 14.1. The number of benzene rings is 1. The predicted molar refractivity (Wildman–Crippen MR) is 97.0 cm³/mol. The van der Waals surface area contributed by atoms with Gasteiger partial charge in [-0.25, -0.2) is 14.9 Å². The molecule has 1 aromatic heterocycles. The molecule has 1 heterocycles. The Bertz CT molecular complexity index is 771. The molecular formula is C20H23FN2O3. The van der Waals surface area contributed by atoms with Crippen molar-refractivity contribution in [1.82, 2.24) is 10.5 Å². The van der Waals surface area contributed by atoms with Crippen molar-refractivity contribution in [2.24, 2.45) is 0 Å². The number of ether oxygens (including phenoxy) is 1. The number of pyridine rings is 1. The Morgan fingerprint density at radius 3 is 2.50 bits per heavy atom. The number of carbonyl (C=O) groups excluding carboxylic acids is 1. The van der Waals surface area contributed by atoms with Crippen molar-refractivity contribution in [2.45, 2.75) is 38.5 Å². The molecule has 0 aliphatic rings. The summed E-state index contributed by atoms with van der Waals surface area (Å²) in [5.74, 6) is -1.43. The second-order valence-corrected chi connectivity index (χ2v) is 6.06. The number of aromatic nitrogens is 1. The van der Waals surface area contributed by atoms with Crippen LogP contribution in [0.1, 0.15) is 49.0 Å². The number of allylic oxidation sites excluding steroid dienone is 1. The lowest BCUT2D eigenvalue weighted by Gasteiger charge is -2.31. The standard InChI is InChI=1S/C20H23FN2O3/c1-4-11-20(5-2,6-3)15-7-9-16(10-8-15)26-19-17(21)12-14(13-22-19)18(24)23-25/h4,7-10,12-13,25H,1,5-6,11H2,2-3H3,(H,23,24). The Morgan fingerprint density at radius 2 is 2.00 bits per heavy atom. The van der Waals surface area contributed by atoms with Crippen LogP contribution in [0.25, 0.3) is 0 Å². The zero-order valence-electron chi connectivity index (χ0n) is 15.0. The van der Waals surface area contributed by atoms with E-state index in [0.717, 1.165) is 31.5 Å². The van der Waals surface area contributed by atoms with Gasteiger partial charge < -0.3 is 4.74 Å². The summed E-state index contributed by atoms with van der Waals surface area (Å²) in [5, 5.41) is 8.57. The van der Waals surface area contributed by atoms with Gasteiger partial charge >= 0.3 is 0 Å². The van der Waals surface area contributed by atoms with Gasteiger partial charge in [-0.2, -0.15) is 0 Å². The minimum atomic E-state index is -0.843. The largest absolute Gasteiger partial charge is 0.436 e. The Balaban J connectivity index is 2.21. The fourth-order valence-corrected chi connectivity index (χ4v) is 3.02. The van der Waals surface area contributed by atoms with Gasteiger partial charge in [0.2, 0.25) is 0 Å². The van der Waals surface area contributed by atoms with Crippen molar-refractivity contribution in [2.75, 3.05) is 0 Å². The lowest BCUT2D eigenvalue weighted by molar-refractivity contribution is 0.0705. The summed E-state index contributed by atoms with van der Waals surface area (Å²) in [6.07, 6.45) is 5.91. The average molecular weight is 358 g/mol. The molecule has 0 aliphatic carbocycles. The van der Waals surface area contributed by atoms with E-state index in [-0.39, 0.29) is 16.9 Å². The van der Waals surface area contributed by atoms with Gasteiger partial charge in [0.25, 0.3) is 11.8 Å². The monoisotopic (exact) mass is 358 g/mol. The smallest absolute Gasteiger partial charge is 0.276 e. The van der Waals surface area contributed by atoms with Crippen LogP contribution in [-0.4, -0.2) is 16.1 Å². The van der Waals surface area contributed by atoms with E-state index in [2.05, 4.69) is 25.4 Å². The molecule has 0 aliphatic heterocycles. The Morgan fingerprint density at radius 1 is 1.35 bits per heavy atom. The number of rotatable bonds is 8. The Kier molecular flexibility index (Phi) is 6.46. The number of carbonyl (C=O) groups is 1. The van der Waals surface area contributed by atoms with Gasteiger partial charge in [-0.15, -0.1) is 6.58 Å². The normalized spacial score (nSPS) is 11.1. The molecule has 6 heteroatoms. The highest BCUT2D eigenvalue weighted by atomic mass is 19.1. The van der Waals surface area contributed by atoms with Crippen molar-refractivity contribution >= 4 is 5.91 Å². The van der Waals surface area contributed by atoms with Gasteiger partial charge in [-0.3, -0.25) is 10.0 Å². The molecule has 0 atom stereocenters. The Hall–Kier alpha value is -2.73. The minimum Gasteiger partial charge on any atom is -0.436 e. The van der Waals surface area contributed by atoms with Gasteiger partial charge in [-0.1, -0.05) is 32.1 Å². The number of nitrogens with zero attached hydrogens (tertiary/aromatic N) is 1. The lowest BCUT2D eigenvalue weighted by Crippen LogP contribution is -2.23. The molecule has 138 valence electrons.